The van der Waals surface area contributed by atoms with E-state index in [1.807, 2.05) is 0 Å². The van der Waals surface area contributed by atoms with E-state index in [1.165, 1.54) is 19.2 Å². The highest BCUT2D eigenvalue weighted by molar-refractivity contribution is 6.39. The second-order valence-corrected chi connectivity index (χ2v) is 7.18. The van der Waals surface area contributed by atoms with Crippen molar-refractivity contribution in [2.24, 2.45) is 0 Å². The largest absolute Gasteiger partial charge is 0.493 e. The van der Waals surface area contributed by atoms with E-state index in [4.69, 9.17) is 21.1 Å². The lowest BCUT2D eigenvalue weighted by Crippen LogP contribution is -2.37. The summed E-state index contributed by atoms with van der Waals surface area (Å²) >= 11 is 5.68. The van der Waals surface area contributed by atoms with Crippen LogP contribution in [0.1, 0.15) is 44.7 Å². The minimum absolute atomic E-state index is 0.126. The van der Waals surface area contributed by atoms with Crippen molar-refractivity contribution < 1.29 is 23.5 Å². The van der Waals surface area contributed by atoms with Gasteiger partial charge in [-0.05, 0) is 49.2 Å². The van der Waals surface area contributed by atoms with Crippen LogP contribution < -0.4 is 20.1 Å². The minimum Gasteiger partial charge on any atom is -0.493 e. The third-order valence-electron chi connectivity index (χ3n) is 4.43. The molecule has 0 saturated carbocycles. The summed E-state index contributed by atoms with van der Waals surface area (Å²) in [6, 6.07) is 8.58. The van der Waals surface area contributed by atoms with Gasteiger partial charge in [0.05, 0.1) is 25.4 Å². The Morgan fingerprint density at radius 1 is 1.10 bits per heavy atom. The first-order chi connectivity index (χ1) is 14.3. The molecule has 162 valence electrons. The number of hydrogen-bond donors (Lipinski definition) is 2. The number of amides is 2. The summed E-state index contributed by atoms with van der Waals surface area (Å²) in [5, 5.41) is 5.00. The van der Waals surface area contributed by atoms with Crippen LogP contribution in [-0.2, 0) is 9.59 Å². The van der Waals surface area contributed by atoms with E-state index in [0.717, 1.165) is 30.9 Å². The zero-order chi connectivity index (χ0) is 22.1. The lowest BCUT2D eigenvalue weighted by Gasteiger charge is -2.17. The van der Waals surface area contributed by atoms with Gasteiger partial charge in [0.15, 0.2) is 11.5 Å². The molecule has 0 aromatic heterocycles. The quantitative estimate of drug-likeness (QED) is 0.434. The van der Waals surface area contributed by atoms with Crippen molar-refractivity contribution in [1.29, 1.82) is 0 Å². The summed E-state index contributed by atoms with van der Waals surface area (Å²) in [5.74, 6) is -1.44. The molecule has 0 radical (unpaired) electrons. The Hall–Kier alpha value is -2.80. The third kappa shape index (κ3) is 6.62. The molecule has 0 aliphatic carbocycles. The molecule has 0 bridgehead atoms. The number of methoxy groups -OCH3 is 1. The number of benzene rings is 2. The van der Waals surface area contributed by atoms with Crippen molar-refractivity contribution in [3.8, 4) is 11.5 Å². The SMILES string of the molecule is CCCCCOc1ccc(C(C)NC(=O)C(=O)Nc2ccc(Cl)cc2F)cc1OC. The van der Waals surface area contributed by atoms with Crippen molar-refractivity contribution in [3.63, 3.8) is 0 Å². The maximum absolute atomic E-state index is 13.8. The molecule has 8 heteroatoms. The number of hydrogen-bond acceptors (Lipinski definition) is 4. The molecular weight excluding hydrogens is 411 g/mol. The number of unbranched alkanes of at least 4 members (excludes halogenated alkanes) is 2. The van der Waals surface area contributed by atoms with Gasteiger partial charge in [-0.3, -0.25) is 9.59 Å². The van der Waals surface area contributed by atoms with Gasteiger partial charge in [-0.2, -0.15) is 0 Å². The van der Waals surface area contributed by atoms with E-state index in [1.54, 1.807) is 25.1 Å². The topological polar surface area (TPSA) is 76.7 Å². The lowest BCUT2D eigenvalue weighted by atomic mass is 10.1. The van der Waals surface area contributed by atoms with Crippen LogP contribution in [0.15, 0.2) is 36.4 Å². The molecule has 2 amide bonds. The molecule has 6 nitrogen and oxygen atoms in total. The van der Waals surface area contributed by atoms with Crippen LogP contribution in [0.4, 0.5) is 10.1 Å². The van der Waals surface area contributed by atoms with Crippen LogP contribution >= 0.6 is 11.6 Å². The maximum Gasteiger partial charge on any atom is 0.313 e. The molecule has 1 unspecified atom stereocenters. The lowest BCUT2D eigenvalue weighted by molar-refractivity contribution is -0.136. The van der Waals surface area contributed by atoms with Crippen LogP contribution in [0.25, 0.3) is 0 Å². The Kier molecular flexibility index (Phi) is 8.92. The fourth-order valence-electron chi connectivity index (χ4n) is 2.72. The van der Waals surface area contributed by atoms with Crippen molar-refractivity contribution >= 4 is 29.1 Å². The van der Waals surface area contributed by atoms with Crippen molar-refractivity contribution in [2.75, 3.05) is 19.0 Å². The van der Waals surface area contributed by atoms with E-state index < -0.39 is 23.7 Å². The van der Waals surface area contributed by atoms with E-state index in [9.17, 15) is 14.0 Å². The second kappa shape index (κ2) is 11.4. The Labute approximate surface area is 180 Å². The first-order valence-electron chi connectivity index (χ1n) is 9.73. The molecule has 30 heavy (non-hydrogen) atoms. The second-order valence-electron chi connectivity index (χ2n) is 6.74. The fourth-order valence-corrected chi connectivity index (χ4v) is 2.88. The number of halogens is 2. The van der Waals surface area contributed by atoms with Gasteiger partial charge in [0.25, 0.3) is 0 Å². The molecule has 2 aromatic rings. The zero-order valence-electron chi connectivity index (χ0n) is 17.3. The van der Waals surface area contributed by atoms with E-state index >= 15 is 0 Å². The smallest absolute Gasteiger partial charge is 0.313 e. The molecule has 0 saturated heterocycles. The molecule has 0 fully saturated rings. The summed E-state index contributed by atoms with van der Waals surface area (Å²) in [6.07, 6.45) is 3.15. The number of rotatable bonds is 9. The Morgan fingerprint density at radius 3 is 2.53 bits per heavy atom. The fraction of sp³-hybridized carbons (Fsp3) is 0.364. The Balaban J connectivity index is 1.99. The molecule has 2 aromatic carbocycles. The monoisotopic (exact) mass is 436 g/mol. The predicted octanol–water partition coefficient (Wildman–Crippen LogP) is 4.87. The molecule has 0 spiro atoms. The zero-order valence-corrected chi connectivity index (χ0v) is 18.0. The van der Waals surface area contributed by atoms with Crippen LogP contribution in [0, 0.1) is 5.82 Å². The van der Waals surface area contributed by atoms with Gasteiger partial charge in [-0.15, -0.1) is 0 Å². The van der Waals surface area contributed by atoms with Gasteiger partial charge in [0.2, 0.25) is 0 Å². The molecular formula is C22H26ClFN2O4. The van der Waals surface area contributed by atoms with Gasteiger partial charge in [0, 0.05) is 5.02 Å². The average Bonchev–Trinajstić information content (AvgIpc) is 2.73. The molecule has 1 atom stereocenters. The summed E-state index contributed by atoms with van der Waals surface area (Å²) < 4.78 is 24.9. The van der Waals surface area contributed by atoms with Crippen molar-refractivity contribution in [1.82, 2.24) is 5.32 Å². The maximum atomic E-state index is 13.8. The normalized spacial score (nSPS) is 11.5. The summed E-state index contributed by atoms with van der Waals surface area (Å²) in [6.45, 7) is 4.44. The predicted molar refractivity (Wildman–Crippen MR) is 115 cm³/mol. The standard InChI is InChI=1S/C22H26ClFN2O4/c1-4-5-6-11-30-19-10-7-15(12-20(19)29-3)14(2)25-21(27)22(28)26-18-9-8-16(23)13-17(18)24/h7-10,12-14H,4-6,11H2,1-3H3,(H,25,27)(H,26,28). The number of carbonyl (C=O) groups is 2. The van der Waals surface area contributed by atoms with Crippen LogP contribution in [0.5, 0.6) is 11.5 Å². The average molecular weight is 437 g/mol. The Morgan fingerprint density at radius 2 is 1.87 bits per heavy atom. The summed E-state index contributed by atoms with van der Waals surface area (Å²) in [4.78, 5) is 24.3. The van der Waals surface area contributed by atoms with Gasteiger partial charge < -0.3 is 20.1 Å². The summed E-state index contributed by atoms with van der Waals surface area (Å²) in [5.41, 5.74) is 0.602. The highest BCUT2D eigenvalue weighted by atomic mass is 35.5. The summed E-state index contributed by atoms with van der Waals surface area (Å²) in [7, 11) is 1.54. The van der Waals surface area contributed by atoms with Gasteiger partial charge in [-0.1, -0.05) is 37.4 Å². The van der Waals surface area contributed by atoms with Crippen LogP contribution in [0.2, 0.25) is 5.02 Å². The highest BCUT2D eigenvalue weighted by Crippen LogP contribution is 2.30. The van der Waals surface area contributed by atoms with Gasteiger partial charge in [0.1, 0.15) is 5.82 Å². The number of carbonyl (C=O) groups excluding carboxylic acids is 2. The van der Waals surface area contributed by atoms with Crippen molar-refractivity contribution in [3.05, 3.63) is 52.8 Å². The van der Waals surface area contributed by atoms with Gasteiger partial charge >= 0.3 is 11.8 Å². The van der Waals surface area contributed by atoms with E-state index in [-0.39, 0.29) is 10.7 Å². The van der Waals surface area contributed by atoms with Crippen LogP contribution in [-0.4, -0.2) is 25.5 Å². The molecule has 0 heterocycles. The van der Waals surface area contributed by atoms with E-state index in [0.29, 0.717) is 18.1 Å². The van der Waals surface area contributed by atoms with Gasteiger partial charge in [-0.25, -0.2) is 4.39 Å². The third-order valence-corrected chi connectivity index (χ3v) is 4.66. The first kappa shape index (κ1) is 23.5. The Bertz CT molecular complexity index is 891. The van der Waals surface area contributed by atoms with Crippen LogP contribution in [0.3, 0.4) is 0 Å². The molecule has 0 aliphatic rings. The molecule has 2 N–H and O–H groups in total. The minimum atomic E-state index is -0.981. The van der Waals surface area contributed by atoms with Crippen molar-refractivity contribution in [2.45, 2.75) is 39.2 Å². The molecule has 0 aliphatic heterocycles. The van der Waals surface area contributed by atoms with E-state index in [2.05, 4.69) is 17.6 Å². The number of ether oxygens (including phenoxy) is 2. The molecule has 2 rings (SSSR count). The highest BCUT2D eigenvalue weighted by Gasteiger charge is 2.19. The number of nitrogens with one attached hydrogen (secondary N) is 2. The number of anilines is 1. The first-order valence-corrected chi connectivity index (χ1v) is 10.1.